The van der Waals surface area contributed by atoms with E-state index in [9.17, 15) is 14.9 Å². The number of carbonyl (C=O) groups excluding carboxylic acids is 1. The monoisotopic (exact) mass is 268 g/mol. The molecule has 0 saturated heterocycles. The summed E-state index contributed by atoms with van der Waals surface area (Å²) in [4.78, 5) is 21.6. The maximum Gasteiger partial charge on any atom is 0.326 e. The van der Waals surface area contributed by atoms with E-state index in [0.29, 0.717) is 5.75 Å². The molecule has 7 heteroatoms. The van der Waals surface area contributed by atoms with Gasteiger partial charge in [0.05, 0.1) is 17.6 Å². The molecule has 0 aliphatic heterocycles. The number of nitrogens with one attached hydrogen (secondary N) is 1. The minimum absolute atomic E-state index is 0.0382. The van der Waals surface area contributed by atoms with Crippen molar-refractivity contribution in [3.63, 3.8) is 0 Å². The van der Waals surface area contributed by atoms with E-state index in [0.717, 1.165) is 0 Å². The topological polar surface area (TPSA) is 90.7 Å². The average Bonchev–Trinajstić information content (AvgIpc) is 2.40. The minimum Gasteiger partial charge on any atom is -0.491 e. The lowest BCUT2D eigenvalue weighted by Gasteiger charge is -2.15. The standard InChI is InChI=1S/C12H16N2O5/c1-3-18-12(15)11(13-2)8-19-10-6-4-5-9(7-10)14(16)17/h4-7,11,13H,3,8H2,1-2H3. The van der Waals surface area contributed by atoms with Crippen LogP contribution < -0.4 is 10.1 Å². The van der Waals surface area contributed by atoms with Gasteiger partial charge in [0, 0.05) is 6.07 Å². The minimum atomic E-state index is -0.612. The molecule has 0 saturated carbocycles. The average molecular weight is 268 g/mol. The summed E-state index contributed by atoms with van der Waals surface area (Å²) in [6.45, 7) is 2.04. The van der Waals surface area contributed by atoms with Crippen LogP contribution in [0.2, 0.25) is 0 Å². The zero-order valence-electron chi connectivity index (χ0n) is 10.8. The molecule has 0 aliphatic rings. The number of hydrogen-bond acceptors (Lipinski definition) is 6. The van der Waals surface area contributed by atoms with Gasteiger partial charge in [-0.05, 0) is 20.0 Å². The zero-order chi connectivity index (χ0) is 14.3. The summed E-state index contributed by atoms with van der Waals surface area (Å²) in [6, 6.07) is 5.17. The second-order valence-electron chi connectivity index (χ2n) is 3.66. The molecule has 0 fully saturated rings. The summed E-state index contributed by atoms with van der Waals surface area (Å²) in [5, 5.41) is 13.4. The number of esters is 1. The van der Waals surface area contributed by atoms with Gasteiger partial charge in [-0.2, -0.15) is 0 Å². The highest BCUT2D eigenvalue weighted by molar-refractivity contribution is 5.75. The third-order valence-electron chi connectivity index (χ3n) is 2.36. The lowest BCUT2D eigenvalue weighted by Crippen LogP contribution is -2.40. The van der Waals surface area contributed by atoms with Gasteiger partial charge in [0.15, 0.2) is 0 Å². The second kappa shape index (κ2) is 7.32. The van der Waals surface area contributed by atoms with Crippen LogP contribution in [0.1, 0.15) is 6.92 Å². The Morgan fingerprint density at radius 1 is 1.53 bits per heavy atom. The van der Waals surface area contributed by atoms with Crippen LogP contribution in [-0.4, -0.2) is 37.2 Å². The number of rotatable bonds is 7. The van der Waals surface area contributed by atoms with E-state index in [1.165, 1.54) is 18.2 Å². The van der Waals surface area contributed by atoms with Crippen molar-refractivity contribution in [1.29, 1.82) is 0 Å². The van der Waals surface area contributed by atoms with Crippen LogP contribution in [-0.2, 0) is 9.53 Å². The number of nitro benzene ring substituents is 1. The highest BCUT2D eigenvalue weighted by Crippen LogP contribution is 2.19. The zero-order valence-corrected chi connectivity index (χ0v) is 10.8. The number of carbonyl (C=O) groups is 1. The molecule has 104 valence electrons. The quantitative estimate of drug-likeness (QED) is 0.453. The number of non-ortho nitro benzene ring substituents is 1. The normalized spacial score (nSPS) is 11.7. The fourth-order valence-corrected chi connectivity index (χ4v) is 1.38. The summed E-state index contributed by atoms with van der Waals surface area (Å²) in [6.07, 6.45) is 0. The van der Waals surface area contributed by atoms with Crippen LogP contribution in [0, 0.1) is 10.1 Å². The molecule has 7 nitrogen and oxygen atoms in total. The van der Waals surface area contributed by atoms with Crippen LogP contribution in [0.5, 0.6) is 5.75 Å². The number of likely N-dealkylation sites (N-methyl/N-ethyl adjacent to an activating group) is 1. The summed E-state index contributed by atoms with van der Waals surface area (Å²) in [5.74, 6) is -0.0887. The SMILES string of the molecule is CCOC(=O)C(COc1cccc([N+](=O)[O-])c1)NC. The first-order valence-electron chi connectivity index (χ1n) is 5.79. The van der Waals surface area contributed by atoms with Crippen LogP contribution in [0.3, 0.4) is 0 Å². The van der Waals surface area contributed by atoms with Crippen molar-refractivity contribution >= 4 is 11.7 Å². The Kier molecular flexibility index (Phi) is 5.74. The molecule has 1 aromatic rings. The van der Waals surface area contributed by atoms with Crippen molar-refractivity contribution in [3.05, 3.63) is 34.4 Å². The fraction of sp³-hybridized carbons (Fsp3) is 0.417. The first kappa shape index (κ1) is 14.9. The van der Waals surface area contributed by atoms with Gasteiger partial charge >= 0.3 is 5.97 Å². The molecule has 1 rings (SSSR count). The predicted molar refractivity (Wildman–Crippen MR) is 68.1 cm³/mol. The van der Waals surface area contributed by atoms with Crippen molar-refractivity contribution in [1.82, 2.24) is 5.32 Å². The van der Waals surface area contributed by atoms with Crippen molar-refractivity contribution < 1.29 is 19.2 Å². The number of nitro groups is 1. The maximum absolute atomic E-state index is 11.5. The predicted octanol–water partition coefficient (Wildman–Crippen LogP) is 1.12. The van der Waals surface area contributed by atoms with Crippen molar-refractivity contribution in [2.24, 2.45) is 0 Å². The molecule has 1 unspecified atom stereocenters. The summed E-state index contributed by atoms with van der Waals surface area (Å²) >= 11 is 0. The van der Waals surface area contributed by atoms with E-state index in [-0.39, 0.29) is 18.9 Å². The molecule has 19 heavy (non-hydrogen) atoms. The summed E-state index contributed by atoms with van der Waals surface area (Å²) in [5.41, 5.74) is -0.0605. The number of benzene rings is 1. The van der Waals surface area contributed by atoms with Gasteiger partial charge in [-0.15, -0.1) is 0 Å². The van der Waals surface area contributed by atoms with E-state index in [1.807, 2.05) is 0 Å². The number of nitrogens with zero attached hydrogens (tertiary/aromatic N) is 1. The van der Waals surface area contributed by atoms with Crippen molar-refractivity contribution in [3.8, 4) is 5.75 Å². The van der Waals surface area contributed by atoms with Crippen LogP contribution in [0.4, 0.5) is 5.69 Å². The Morgan fingerprint density at radius 2 is 2.26 bits per heavy atom. The third kappa shape index (κ3) is 4.55. The highest BCUT2D eigenvalue weighted by Gasteiger charge is 2.18. The maximum atomic E-state index is 11.5. The molecule has 0 heterocycles. The van der Waals surface area contributed by atoms with Crippen LogP contribution in [0.25, 0.3) is 0 Å². The van der Waals surface area contributed by atoms with E-state index >= 15 is 0 Å². The first-order chi connectivity index (χ1) is 9.08. The summed E-state index contributed by atoms with van der Waals surface area (Å²) in [7, 11) is 1.61. The fourth-order valence-electron chi connectivity index (χ4n) is 1.38. The van der Waals surface area contributed by atoms with Crippen LogP contribution >= 0.6 is 0 Å². The number of ether oxygens (including phenoxy) is 2. The largest absolute Gasteiger partial charge is 0.491 e. The third-order valence-corrected chi connectivity index (χ3v) is 2.36. The molecule has 0 aromatic heterocycles. The molecule has 1 atom stereocenters. The van der Waals surface area contributed by atoms with Gasteiger partial charge in [-0.1, -0.05) is 6.07 Å². The first-order valence-corrected chi connectivity index (χ1v) is 5.79. The molecule has 0 bridgehead atoms. The van der Waals surface area contributed by atoms with Gasteiger partial charge in [-0.25, -0.2) is 0 Å². The van der Waals surface area contributed by atoms with Crippen molar-refractivity contribution in [2.75, 3.05) is 20.3 Å². The van der Waals surface area contributed by atoms with E-state index in [4.69, 9.17) is 9.47 Å². The number of hydrogen-bond donors (Lipinski definition) is 1. The Bertz CT molecular complexity index is 450. The van der Waals surface area contributed by atoms with E-state index in [2.05, 4.69) is 5.32 Å². The summed E-state index contributed by atoms with van der Waals surface area (Å²) < 4.78 is 10.2. The Hall–Kier alpha value is -2.15. The molecule has 1 aromatic carbocycles. The van der Waals surface area contributed by atoms with E-state index < -0.39 is 16.9 Å². The molecular formula is C12H16N2O5. The Balaban J connectivity index is 2.62. The Labute approximate surface area is 110 Å². The van der Waals surface area contributed by atoms with E-state index in [1.54, 1.807) is 20.0 Å². The van der Waals surface area contributed by atoms with Gasteiger partial charge in [0.1, 0.15) is 18.4 Å². The molecular weight excluding hydrogens is 252 g/mol. The highest BCUT2D eigenvalue weighted by atomic mass is 16.6. The van der Waals surface area contributed by atoms with Gasteiger partial charge in [-0.3, -0.25) is 14.9 Å². The lowest BCUT2D eigenvalue weighted by atomic mass is 10.3. The van der Waals surface area contributed by atoms with Gasteiger partial charge < -0.3 is 14.8 Å². The van der Waals surface area contributed by atoms with Gasteiger partial charge in [0.25, 0.3) is 5.69 Å². The second-order valence-corrected chi connectivity index (χ2v) is 3.66. The van der Waals surface area contributed by atoms with Crippen LogP contribution in [0.15, 0.2) is 24.3 Å². The Morgan fingerprint density at radius 3 is 2.84 bits per heavy atom. The smallest absolute Gasteiger partial charge is 0.326 e. The molecule has 0 aliphatic carbocycles. The molecule has 1 N–H and O–H groups in total. The lowest BCUT2D eigenvalue weighted by molar-refractivity contribution is -0.384. The van der Waals surface area contributed by atoms with Crippen molar-refractivity contribution in [2.45, 2.75) is 13.0 Å². The molecule has 0 amide bonds. The molecule has 0 spiro atoms. The molecule has 0 radical (unpaired) electrons. The van der Waals surface area contributed by atoms with Gasteiger partial charge in [0.2, 0.25) is 0 Å².